The number of nitrogens with zero attached hydrogens (tertiary/aromatic N) is 2. The third-order valence-electron chi connectivity index (χ3n) is 3.97. The summed E-state index contributed by atoms with van der Waals surface area (Å²) >= 11 is 3.42. The second-order valence-electron chi connectivity index (χ2n) is 5.40. The molecule has 2 amide bonds. The maximum atomic E-state index is 12.7. The molecule has 0 N–H and O–H groups in total. The molecule has 3 aromatic carbocycles. The van der Waals surface area contributed by atoms with Crippen LogP contribution in [0.3, 0.4) is 0 Å². The fourth-order valence-corrected chi connectivity index (χ4v) is 3.21. The number of hydrogen-bond donors (Lipinski definition) is 0. The molecule has 5 heteroatoms. The highest BCUT2D eigenvalue weighted by Gasteiger charge is 2.32. The van der Waals surface area contributed by atoms with Crippen molar-refractivity contribution in [1.29, 1.82) is 0 Å². The van der Waals surface area contributed by atoms with Crippen molar-refractivity contribution in [1.82, 2.24) is 5.01 Å². The molecular weight excluding hydrogens is 368 g/mol. The van der Waals surface area contributed by atoms with E-state index in [1.54, 1.807) is 12.1 Å². The molecule has 0 aromatic heterocycles. The maximum Gasteiger partial charge on any atom is 0.282 e. The number of rotatable bonds is 2. The molecule has 1 heterocycles. The second-order valence-corrected chi connectivity index (χ2v) is 6.25. The third-order valence-corrected chi connectivity index (χ3v) is 4.69. The molecule has 1 aliphatic rings. The van der Waals surface area contributed by atoms with Crippen LogP contribution in [0, 0.1) is 0 Å². The molecule has 0 atom stereocenters. The monoisotopic (exact) mass is 378 g/mol. The van der Waals surface area contributed by atoms with Gasteiger partial charge in [0.05, 0.1) is 17.3 Å². The van der Waals surface area contributed by atoms with Crippen molar-refractivity contribution in [2.45, 2.75) is 0 Å². The predicted octanol–water partition coefficient (Wildman–Crippen LogP) is 4.23. The highest BCUT2D eigenvalue weighted by atomic mass is 79.9. The molecule has 1 aliphatic heterocycles. The molecule has 24 heavy (non-hydrogen) atoms. The van der Waals surface area contributed by atoms with Gasteiger partial charge >= 0.3 is 0 Å². The maximum absolute atomic E-state index is 12.7. The first kappa shape index (κ1) is 14.8. The number of halogens is 1. The zero-order chi connectivity index (χ0) is 16.7. The molecule has 4 nitrogen and oxygen atoms in total. The van der Waals surface area contributed by atoms with Gasteiger partial charge in [-0.2, -0.15) is 10.1 Å². The van der Waals surface area contributed by atoms with E-state index in [9.17, 15) is 9.59 Å². The number of hydrazone groups is 1. The first-order valence-corrected chi connectivity index (χ1v) is 8.15. The number of benzene rings is 3. The van der Waals surface area contributed by atoms with Crippen molar-refractivity contribution >= 4 is 44.7 Å². The molecule has 116 valence electrons. The predicted molar refractivity (Wildman–Crippen MR) is 96.2 cm³/mol. The van der Waals surface area contributed by atoms with Crippen LogP contribution in [0.15, 0.2) is 70.2 Å². The number of hydrogen-bond acceptors (Lipinski definition) is 3. The molecule has 0 unspecified atom stereocenters. The minimum atomic E-state index is -0.410. The van der Waals surface area contributed by atoms with E-state index < -0.39 is 11.8 Å². The van der Waals surface area contributed by atoms with Crippen molar-refractivity contribution in [3.63, 3.8) is 0 Å². The van der Waals surface area contributed by atoms with Gasteiger partial charge in [0, 0.05) is 15.4 Å². The average Bonchev–Trinajstić information content (AvgIpc) is 2.61. The molecule has 3 aromatic rings. The van der Waals surface area contributed by atoms with Gasteiger partial charge in [0.1, 0.15) is 0 Å². The van der Waals surface area contributed by atoms with Gasteiger partial charge in [-0.05, 0) is 23.6 Å². The molecule has 0 saturated carbocycles. The van der Waals surface area contributed by atoms with Crippen LogP contribution in [-0.4, -0.2) is 23.0 Å². The number of amides is 2. The van der Waals surface area contributed by atoms with E-state index >= 15 is 0 Å². The van der Waals surface area contributed by atoms with Crippen LogP contribution in [0.2, 0.25) is 0 Å². The largest absolute Gasteiger partial charge is 0.282 e. The van der Waals surface area contributed by atoms with Crippen LogP contribution in [0.4, 0.5) is 0 Å². The van der Waals surface area contributed by atoms with E-state index in [0.29, 0.717) is 16.5 Å². The summed E-state index contributed by atoms with van der Waals surface area (Å²) in [5, 5.41) is 6.64. The van der Waals surface area contributed by atoms with Crippen molar-refractivity contribution in [2.75, 3.05) is 0 Å². The summed E-state index contributed by atoms with van der Waals surface area (Å²) in [4.78, 5) is 25.4. The molecule has 0 aliphatic carbocycles. The van der Waals surface area contributed by atoms with Crippen molar-refractivity contribution in [3.8, 4) is 0 Å². The lowest BCUT2D eigenvalue weighted by Crippen LogP contribution is -2.36. The van der Waals surface area contributed by atoms with Crippen LogP contribution >= 0.6 is 15.9 Å². The van der Waals surface area contributed by atoms with Gasteiger partial charge in [-0.3, -0.25) is 9.59 Å². The van der Waals surface area contributed by atoms with Crippen molar-refractivity contribution in [2.24, 2.45) is 5.10 Å². The Morgan fingerprint density at radius 1 is 0.833 bits per heavy atom. The van der Waals surface area contributed by atoms with Gasteiger partial charge in [0.25, 0.3) is 11.8 Å². The Hall–Kier alpha value is -2.79. The smallest absolute Gasteiger partial charge is 0.267 e. The van der Waals surface area contributed by atoms with Crippen LogP contribution in [0.25, 0.3) is 10.8 Å². The summed E-state index contributed by atoms with van der Waals surface area (Å²) in [7, 11) is 0. The van der Waals surface area contributed by atoms with Crippen LogP contribution in [0.5, 0.6) is 0 Å². The lowest BCUT2D eigenvalue weighted by atomic mass is 9.95. The van der Waals surface area contributed by atoms with E-state index in [0.717, 1.165) is 20.4 Å². The number of imide groups is 1. The molecule has 0 spiro atoms. The summed E-state index contributed by atoms with van der Waals surface area (Å²) < 4.78 is 0.841. The SMILES string of the molecule is O=C1c2cccc3cccc(c23)C(=O)N1/N=C\c1ccccc1Br. The van der Waals surface area contributed by atoms with Gasteiger partial charge in [0.2, 0.25) is 0 Å². The Morgan fingerprint density at radius 3 is 2.08 bits per heavy atom. The minimum absolute atomic E-state index is 0.410. The molecular formula is C19H11BrN2O2. The average molecular weight is 379 g/mol. The van der Waals surface area contributed by atoms with Crippen LogP contribution in [0.1, 0.15) is 26.3 Å². The van der Waals surface area contributed by atoms with E-state index in [1.165, 1.54) is 6.21 Å². The standard InChI is InChI=1S/C19H11BrN2O2/c20-16-10-2-1-5-13(16)11-21-22-18(23)14-8-3-6-12-7-4-9-15(17(12)14)19(22)24/h1-11H/b21-11-. The molecule has 0 saturated heterocycles. The summed E-state index contributed by atoms with van der Waals surface area (Å²) in [6.45, 7) is 0. The van der Waals surface area contributed by atoms with Crippen LogP contribution < -0.4 is 0 Å². The summed E-state index contributed by atoms with van der Waals surface area (Å²) in [5.41, 5.74) is 1.77. The van der Waals surface area contributed by atoms with Gasteiger partial charge in [-0.1, -0.05) is 58.4 Å². The van der Waals surface area contributed by atoms with E-state index in [-0.39, 0.29) is 0 Å². The minimum Gasteiger partial charge on any atom is -0.267 e. The summed E-state index contributed by atoms with van der Waals surface area (Å²) in [6, 6.07) is 18.3. The number of carbonyl (C=O) groups excluding carboxylic acids is 2. The Labute approximate surface area is 146 Å². The van der Waals surface area contributed by atoms with Gasteiger partial charge in [-0.15, -0.1) is 0 Å². The first-order chi connectivity index (χ1) is 11.7. The van der Waals surface area contributed by atoms with Crippen LogP contribution in [-0.2, 0) is 0 Å². The molecule has 0 bridgehead atoms. The Kier molecular flexibility index (Phi) is 3.50. The molecule has 0 radical (unpaired) electrons. The van der Waals surface area contributed by atoms with E-state index in [1.807, 2.05) is 48.5 Å². The fourth-order valence-electron chi connectivity index (χ4n) is 2.82. The third kappa shape index (κ3) is 2.25. The van der Waals surface area contributed by atoms with Gasteiger partial charge < -0.3 is 0 Å². The second kappa shape index (κ2) is 5.69. The summed E-state index contributed by atoms with van der Waals surface area (Å²) in [6.07, 6.45) is 1.51. The van der Waals surface area contributed by atoms with Gasteiger partial charge in [-0.25, -0.2) is 0 Å². The normalized spacial score (nSPS) is 14.0. The van der Waals surface area contributed by atoms with E-state index in [4.69, 9.17) is 0 Å². The highest BCUT2D eigenvalue weighted by molar-refractivity contribution is 9.10. The lowest BCUT2D eigenvalue weighted by Gasteiger charge is -2.23. The number of carbonyl (C=O) groups is 2. The summed E-state index contributed by atoms with van der Waals surface area (Å²) in [5.74, 6) is -0.819. The Bertz CT molecular complexity index is 976. The topological polar surface area (TPSA) is 49.7 Å². The quantitative estimate of drug-likeness (QED) is 0.494. The lowest BCUT2D eigenvalue weighted by molar-refractivity contribution is 0.0616. The zero-order valence-electron chi connectivity index (χ0n) is 12.4. The van der Waals surface area contributed by atoms with E-state index in [2.05, 4.69) is 21.0 Å². The molecule has 4 rings (SSSR count). The van der Waals surface area contributed by atoms with Crippen molar-refractivity contribution < 1.29 is 9.59 Å². The molecule has 0 fully saturated rings. The first-order valence-electron chi connectivity index (χ1n) is 7.36. The Balaban J connectivity index is 1.81. The van der Waals surface area contributed by atoms with Crippen molar-refractivity contribution in [3.05, 3.63) is 81.8 Å². The van der Waals surface area contributed by atoms with Gasteiger partial charge in [0.15, 0.2) is 0 Å². The fraction of sp³-hybridized carbons (Fsp3) is 0. The zero-order valence-corrected chi connectivity index (χ0v) is 14.0. The Morgan fingerprint density at radius 2 is 1.46 bits per heavy atom. The highest BCUT2D eigenvalue weighted by Crippen LogP contribution is 2.30.